The molecule has 85 heavy (non-hydrogen) atoms. The van der Waals surface area contributed by atoms with Crippen molar-refractivity contribution >= 4 is 72.9 Å². The van der Waals surface area contributed by atoms with Crippen LogP contribution in [0.5, 0.6) is 0 Å². The molecule has 2 aromatic heterocycles. The van der Waals surface area contributed by atoms with Gasteiger partial charge in [0.15, 0.2) is 0 Å². The molecule has 0 spiro atoms. The Morgan fingerprint density at radius 1 is 0.553 bits per heavy atom. The average molecular weight is 1180 g/mol. The van der Waals surface area contributed by atoms with E-state index in [1.54, 1.807) is 36.4 Å². The Labute approximate surface area is 525 Å². The predicted octanol–water partition coefficient (Wildman–Crippen LogP) is 11.4. The van der Waals surface area contributed by atoms with E-state index >= 15 is 0 Å². The van der Waals surface area contributed by atoms with Crippen LogP contribution in [0, 0.1) is 11.6 Å². The van der Waals surface area contributed by atoms with E-state index in [1.807, 2.05) is 146 Å². The molecule has 0 saturated carbocycles. The third kappa shape index (κ3) is 17.9. The first kappa shape index (κ1) is 66.9. The second-order valence-electron chi connectivity index (χ2n) is 21.1. The van der Waals surface area contributed by atoms with Crippen LogP contribution in [0.15, 0.2) is 175 Å². The van der Waals surface area contributed by atoms with Gasteiger partial charge in [0, 0.05) is 79.9 Å². The van der Waals surface area contributed by atoms with Gasteiger partial charge in [0.05, 0.1) is 53.5 Å². The zero-order valence-electron chi connectivity index (χ0n) is 48.8. The normalized spacial score (nSPS) is 12.9. The number of nitrogens with zero attached hydrogens (tertiary/aromatic N) is 3. The Balaban J connectivity index is 0.000000269. The number of carboxylic acids is 2. The van der Waals surface area contributed by atoms with Gasteiger partial charge in [-0.1, -0.05) is 125 Å². The molecule has 4 atom stereocenters. The minimum absolute atomic E-state index is 0. The molecule has 6 aromatic carbocycles. The summed E-state index contributed by atoms with van der Waals surface area (Å²) < 4.78 is 42.7. The number of aromatic nitrogens is 2. The molecule has 2 heterocycles. The van der Waals surface area contributed by atoms with Crippen LogP contribution in [0.1, 0.15) is 105 Å². The minimum Gasteiger partial charge on any atom is -0.858 e. The van der Waals surface area contributed by atoms with Gasteiger partial charge in [-0.05, 0) is 132 Å². The van der Waals surface area contributed by atoms with Gasteiger partial charge < -0.3 is 54.3 Å². The SMILES string of the molecule is CO[C@H](CC(=O)O)C[C@H](O)CCn1c(-c2ccc(F)cc2)c(-c2ccccc2)c(C(=O)Nc2ccccc2)c1C(C)C.CO[C@H](CC(=O)[O-])C[C@H](O)CCn1c(-c2ccc(F)cc2)c(-c2ccccc2)c(C([O-])=Nc2ccccc2)c1C(C)C.[Ca+2]. The molecule has 1 amide bonds. The number of anilines is 1. The summed E-state index contributed by atoms with van der Waals surface area (Å²) in [5.74, 6) is -3.88. The minimum atomic E-state index is -1.25. The summed E-state index contributed by atoms with van der Waals surface area (Å²) in [6.45, 7) is 8.65. The molecule has 4 N–H and O–H groups in total. The van der Waals surface area contributed by atoms with E-state index in [0.717, 1.165) is 39.3 Å². The molecule has 0 aliphatic rings. The first-order valence-electron chi connectivity index (χ1n) is 28.0. The van der Waals surface area contributed by atoms with Crippen LogP contribution in [0.3, 0.4) is 0 Å². The first-order valence-corrected chi connectivity index (χ1v) is 28.0. The Morgan fingerprint density at radius 2 is 0.941 bits per heavy atom. The third-order valence-corrected chi connectivity index (χ3v) is 14.4. The van der Waals surface area contributed by atoms with Gasteiger partial charge in [-0.3, -0.25) is 14.6 Å². The number of hydrogen-bond donors (Lipinski definition) is 4. The summed E-state index contributed by atoms with van der Waals surface area (Å²) in [5, 5.41) is 59.2. The fourth-order valence-corrected chi connectivity index (χ4v) is 10.7. The van der Waals surface area contributed by atoms with E-state index in [4.69, 9.17) is 9.47 Å². The molecule has 8 aromatic rings. The number of carbonyl (C=O) groups is 3. The largest absolute Gasteiger partial charge is 2.00 e. The van der Waals surface area contributed by atoms with Crippen molar-refractivity contribution in [3.05, 3.63) is 204 Å². The predicted molar refractivity (Wildman–Crippen MR) is 325 cm³/mol. The second kappa shape index (κ2) is 32.3. The van der Waals surface area contributed by atoms with E-state index in [0.29, 0.717) is 52.4 Å². The van der Waals surface area contributed by atoms with Crippen LogP contribution in [0.25, 0.3) is 44.8 Å². The van der Waals surface area contributed by atoms with Crippen molar-refractivity contribution in [2.45, 2.75) is 116 Å². The molecular weight excluding hydrogens is 1110 g/mol. The van der Waals surface area contributed by atoms with Crippen molar-refractivity contribution in [2.24, 2.45) is 4.99 Å². The number of methoxy groups -OCH3 is 2. The van der Waals surface area contributed by atoms with Gasteiger partial charge in [0.25, 0.3) is 5.91 Å². The standard InChI is InChI=1S/2C34H37FN2O5.Ca/c2*1-22(2)32-31(34(41)36-26-12-8-5-9-13-26)30(23-10-6-4-7-11-23)33(24-14-16-25(35)17-15-24)37(32)19-18-27(38)20-28(42-3)21-29(39)40;/h2*4-17,22,27-28,38H,18-21H2,1-3H3,(H,36,41)(H,39,40);/q;;+2/p-2/t2*27-,28+;/m11./s1. The zero-order valence-corrected chi connectivity index (χ0v) is 51.0. The third-order valence-electron chi connectivity index (χ3n) is 14.4. The topological polar surface area (TPSA) is 211 Å². The van der Waals surface area contributed by atoms with Crippen molar-refractivity contribution in [3.63, 3.8) is 0 Å². The maximum absolute atomic E-state index is 14.1. The molecule has 440 valence electrons. The van der Waals surface area contributed by atoms with Crippen molar-refractivity contribution in [2.75, 3.05) is 19.5 Å². The van der Waals surface area contributed by atoms with Crippen LogP contribution in [-0.2, 0) is 32.2 Å². The number of ether oxygens (including phenoxy) is 2. The van der Waals surface area contributed by atoms with Gasteiger partial charge in [0.1, 0.15) is 11.6 Å². The van der Waals surface area contributed by atoms with Crippen LogP contribution in [0.2, 0.25) is 0 Å². The van der Waals surface area contributed by atoms with Crippen LogP contribution < -0.4 is 15.5 Å². The van der Waals surface area contributed by atoms with E-state index < -0.39 is 42.3 Å². The Bertz CT molecular complexity index is 3450. The molecule has 0 saturated heterocycles. The molecule has 0 aliphatic carbocycles. The number of rotatable bonds is 26. The Morgan fingerprint density at radius 3 is 1.34 bits per heavy atom. The van der Waals surface area contributed by atoms with Gasteiger partial charge in [-0.2, -0.15) is 0 Å². The summed E-state index contributed by atoms with van der Waals surface area (Å²) in [5.41, 5.74) is 9.57. The number of carbonyl (C=O) groups excluding carboxylic acids is 2. The molecule has 0 aliphatic heterocycles. The fourth-order valence-electron chi connectivity index (χ4n) is 10.7. The summed E-state index contributed by atoms with van der Waals surface area (Å²) in [6.07, 6.45) is -2.79. The van der Waals surface area contributed by atoms with E-state index in [2.05, 4.69) is 10.3 Å². The smallest absolute Gasteiger partial charge is 0.858 e. The molecule has 8 rings (SSSR count). The van der Waals surface area contributed by atoms with Gasteiger partial charge in [-0.15, -0.1) is 0 Å². The van der Waals surface area contributed by atoms with Crippen LogP contribution >= 0.6 is 0 Å². The Hall–Kier alpha value is -7.28. The number of amides is 1. The number of aliphatic carboxylic acids is 2. The molecule has 0 fully saturated rings. The molecule has 17 heteroatoms. The van der Waals surface area contributed by atoms with Gasteiger partial charge in [-0.25, -0.2) is 8.78 Å². The molecule has 0 unspecified atom stereocenters. The van der Waals surface area contributed by atoms with Crippen molar-refractivity contribution in [1.29, 1.82) is 0 Å². The summed E-state index contributed by atoms with van der Waals surface area (Å²) in [6, 6.07) is 49.7. The summed E-state index contributed by atoms with van der Waals surface area (Å²) in [4.78, 5) is 40.9. The number of aliphatic hydroxyl groups excluding tert-OH is 2. The van der Waals surface area contributed by atoms with Crippen molar-refractivity contribution in [1.82, 2.24) is 9.13 Å². The summed E-state index contributed by atoms with van der Waals surface area (Å²) >= 11 is 0. The molecule has 0 radical (unpaired) electrons. The number of carboxylic acid groups (broad SMARTS) is 2. The maximum atomic E-state index is 14.1. The van der Waals surface area contributed by atoms with Gasteiger partial charge >= 0.3 is 43.7 Å². The number of halogens is 2. The number of aliphatic hydroxyl groups is 2. The van der Waals surface area contributed by atoms with E-state index in [9.17, 15) is 48.7 Å². The summed E-state index contributed by atoms with van der Waals surface area (Å²) in [7, 11) is 2.83. The first-order chi connectivity index (χ1) is 40.4. The molecular formula is C68H72CaF2N4O10. The average Bonchev–Trinajstić information content (AvgIpc) is 1.92. The Kier molecular flexibility index (Phi) is 25.4. The van der Waals surface area contributed by atoms with Crippen molar-refractivity contribution in [3.8, 4) is 44.8 Å². The number of para-hydroxylation sites is 2. The van der Waals surface area contributed by atoms with Crippen molar-refractivity contribution < 1.29 is 58.2 Å². The van der Waals surface area contributed by atoms with Gasteiger partial charge in [0.2, 0.25) is 0 Å². The molecule has 14 nitrogen and oxygen atoms in total. The van der Waals surface area contributed by atoms with Crippen LogP contribution in [0.4, 0.5) is 20.2 Å². The fraction of sp³-hybridized carbons (Fsp3) is 0.294. The van der Waals surface area contributed by atoms with E-state index in [1.165, 1.54) is 38.5 Å². The molecule has 0 bridgehead atoms. The number of benzene rings is 6. The zero-order chi connectivity index (χ0) is 60.5. The number of aliphatic imine (C=N–C) groups is 1. The second-order valence-corrected chi connectivity index (χ2v) is 21.1. The van der Waals surface area contributed by atoms with E-state index in [-0.39, 0.29) is 106 Å². The number of nitrogens with one attached hydrogen (secondary N) is 1. The van der Waals surface area contributed by atoms with Crippen LogP contribution in [-0.4, -0.2) is 125 Å². The number of hydrogen-bond acceptors (Lipinski definition) is 10. The monoisotopic (exact) mass is 1180 g/mol. The maximum Gasteiger partial charge on any atom is 2.00 e. The quantitative estimate of drug-likeness (QED) is 0.0229.